The van der Waals surface area contributed by atoms with Gasteiger partial charge in [-0.3, -0.25) is 19.1 Å². The minimum atomic E-state index is -5.22. The monoisotopic (exact) mass is 748 g/mol. The smallest absolute Gasteiger partial charge is 0.493 e. The van der Waals surface area contributed by atoms with Gasteiger partial charge in [-0.1, -0.05) is 0 Å². The van der Waals surface area contributed by atoms with Crippen LogP contribution in [0.4, 0.5) is 0 Å². The van der Waals surface area contributed by atoms with Gasteiger partial charge in [0, 0.05) is 11.8 Å². The first-order chi connectivity index (χ1) is 23.7. The quantitative estimate of drug-likeness (QED) is 0.178. The zero-order chi connectivity index (χ0) is 35.7. The topological polar surface area (TPSA) is 254 Å². The molecule has 0 bridgehead atoms. The molecule has 50 heavy (non-hydrogen) atoms. The predicted molar refractivity (Wildman–Crippen MR) is 160 cm³/mol. The average molecular weight is 749 g/mol. The van der Waals surface area contributed by atoms with Crippen LogP contribution in [0.2, 0.25) is 0 Å². The van der Waals surface area contributed by atoms with E-state index in [2.05, 4.69) is 0 Å². The van der Waals surface area contributed by atoms with Gasteiger partial charge in [0.15, 0.2) is 35.6 Å². The SMILES string of the molecule is COc1cc([C@@H]2c3cc4c(cc3C(O[C@@H]3O[C@@H]5CO[C@@H](C)O[C@H]5[C@H](O)[C@H]3OP(=O)(O)O)C3COC(=O)[C@@H]32)OCO4)cc(OC)c1OP(=O)(O)O. The van der Waals surface area contributed by atoms with E-state index in [1.165, 1.54) is 26.4 Å². The maximum absolute atomic E-state index is 13.6. The number of carbonyl (C=O) groups is 1. The third-order valence-corrected chi connectivity index (χ3v) is 10.1. The second kappa shape index (κ2) is 13.2. The van der Waals surface area contributed by atoms with Gasteiger partial charge in [-0.2, -0.15) is 0 Å². The van der Waals surface area contributed by atoms with Crippen LogP contribution in [0, 0.1) is 11.8 Å². The Morgan fingerprint density at radius 3 is 2.14 bits per heavy atom. The van der Waals surface area contributed by atoms with Gasteiger partial charge in [0.1, 0.15) is 24.4 Å². The summed E-state index contributed by atoms with van der Waals surface area (Å²) < 4.78 is 85.2. The van der Waals surface area contributed by atoms with Crippen molar-refractivity contribution in [2.45, 2.75) is 55.9 Å². The molecule has 0 saturated carbocycles. The van der Waals surface area contributed by atoms with Crippen LogP contribution in [0.5, 0.6) is 28.7 Å². The number of hydrogen-bond acceptors (Lipinski definition) is 15. The summed E-state index contributed by atoms with van der Waals surface area (Å²) in [6.07, 6.45) is -8.79. The molecule has 2 aromatic carbocycles. The van der Waals surface area contributed by atoms with Gasteiger partial charge < -0.3 is 62.0 Å². The molecule has 5 aliphatic rings. The number of ether oxygens (including phenoxy) is 9. The summed E-state index contributed by atoms with van der Waals surface area (Å²) in [5, 5.41) is 11.3. The van der Waals surface area contributed by atoms with Crippen LogP contribution in [-0.2, 0) is 42.1 Å². The fourth-order valence-corrected chi connectivity index (χ4v) is 8.15. The Labute approximate surface area is 283 Å². The van der Waals surface area contributed by atoms with E-state index in [0.29, 0.717) is 28.2 Å². The Morgan fingerprint density at radius 2 is 1.52 bits per heavy atom. The number of cyclic esters (lactones) is 1. The third-order valence-electron chi connectivity index (χ3n) is 9.17. The Balaban J connectivity index is 1.34. The summed E-state index contributed by atoms with van der Waals surface area (Å²) in [6.45, 7) is 1.30. The Morgan fingerprint density at radius 1 is 0.860 bits per heavy atom. The molecule has 4 heterocycles. The number of aliphatic hydroxyl groups excluding tert-OH is 1. The molecule has 1 aliphatic carbocycles. The highest BCUT2D eigenvalue weighted by Crippen LogP contribution is 2.58. The molecule has 7 rings (SSSR count). The fraction of sp³-hybridized carbons (Fsp3) is 0.552. The van der Waals surface area contributed by atoms with E-state index in [9.17, 15) is 38.6 Å². The number of rotatable bonds is 9. The van der Waals surface area contributed by atoms with Crippen LogP contribution in [-0.4, -0.2) is 102 Å². The first-order valence-electron chi connectivity index (χ1n) is 15.3. The van der Waals surface area contributed by atoms with Crippen molar-refractivity contribution in [1.29, 1.82) is 0 Å². The van der Waals surface area contributed by atoms with E-state index in [0.717, 1.165) is 0 Å². The molecule has 21 heteroatoms. The zero-order valence-electron chi connectivity index (χ0n) is 26.6. The summed E-state index contributed by atoms with van der Waals surface area (Å²) in [5.41, 5.74) is 1.34. The molecule has 3 fully saturated rings. The van der Waals surface area contributed by atoms with Gasteiger partial charge >= 0.3 is 21.6 Å². The zero-order valence-corrected chi connectivity index (χ0v) is 28.3. The van der Waals surface area contributed by atoms with Crippen molar-refractivity contribution in [3.63, 3.8) is 0 Å². The number of phosphoric acid groups is 2. The molecule has 3 saturated heterocycles. The first kappa shape index (κ1) is 35.4. The van der Waals surface area contributed by atoms with E-state index >= 15 is 0 Å². The Kier molecular flexibility index (Phi) is 9.33. The van der Waals surface area contributed by atoms with Gasteiger partial charge in [0.2, 0.25) is 12.5 Å². The van der Waals surface area contributed by atoms with Crippen LogP contribution < -0.4 is 23.5 Å². The number of hydrogen-bond donors (Lipinski definition) is 5. The normalized spacial score (nSPS) is 33.2. The number of methoxy groups -OCH3 is 2. The Bertz CT molecular complexity index is 1720. The first-order valence-corrected chi connectivity index (χ1v) is 18.3. The minimum absolute atomic E-state index is 0.0353. The van der Waals surface area contributed by atoms with Crippen molar-refractivity contribution in [3.8, 4) is 28.7 Å². The lowest BCUT2D eigenvalue weighted by Crippen LogP contribution is -2.63. The predicted octanol–water partition coefficient (Wildman–Crippen LogP) is 1.22. The molecule has 5 N–H and O–H groups in total. The maximum Gasteiger partial charge on any atom is 0.525 e. The molecule has 0 spiro atoms. The number of carbonyl (C=O) groups excluding carboxylic acids is 1. The van der Waals surface area contributed by atoms with Crippen molar-refractivity contribution in [2.75, 3.05) is 34.2 Å². The van der Waals surface area contributed by atoms with Crippen molar-refractivity contribution in [3.05, 3.63) is 41.0 Å². The standard InChI is InChI=1S/C29H34O19P2/c1-11-40-9-20-26(44-11)23(30)27(48-50(35,36)37)29(45-20)46-24-14-7-17-16(42-10-43-17)6-13(14)21(22-15(24)8-41-28(22)31)12-4-18(38-2)25(19(5-12)39-3)47-49(32,33)34/h4-7,11,15,20-24,26-27,29-30H,8-10H2,1-3H3,(H2,32,33,34)(H2,35,36,37)/t11-,15?,20-,21-,22+,23+,24?,26-,27-,29+/m1/s1. The number of esters is 1. The van der Waals surface area contributed by atoms with E-state index in [1.54, 1.807) is 19.1 Å². The third kappa shape index (κ3) is 6.58. The van der Waals surface area contributed by atoms with E-state index in [-0.39, 0.29) is 37.3 Å². The van der Waals surface area contributed by atoms with Gasteiger partial charge in [-0.15, -0.1) is 0 Å². The molecule has 2 aromatic rings. The summed E-state index contributed by atoms with van der Waals surface area (Å²) >= 11 is 0. The highest BCUT2D eigenvalue weighted by atomic mass is 31.2. The molecular formula is C29H34O19P2. The van der Waals surface area contributed by atoms with E-state index in [4.69, 9.17) is 51.7 Å². The highest BCUT2D eigenvalue weighted by molar-refractivity contribution is 7.46. The molecule has 0 radical (unpaired) electrons. The van der Waals surface area contributed by atoms with Gasteiger partial charge in [0.25, 0.3) is 0 Å². The summed E-state index contributed by atoms with van der Waals surface area (Å²) in [5.74, 6) is -3.05. The van der Waals surface area contributed by atoms with Crippen LogP contribution >= 0.6 is 15.6 Å². The lowest BCUT2D eigenvalue weighted by atomic mass is 9.66. The molecule has 2 unspecified atom stereocenters. The number of benzene rings is 2. The van der Waals surface area contributed by atoms with E-state index in [1.807, 2.05) is 0 Å². The summed E-state index contributed by atoms with van der Waals surface area (Å²) in [6, 6.07) is 6.19. The van der Waals surface area contributed by atoms with Crippen LogP contribution in [0.15, 0.2) is 24.3 Å². The second-order valence-electron chi connectivity index (χ2n) is 12.1. The maximum atomic E-state index is 13.6. The molecule has 0 aromatic heterocycles. The van der Waals surface area contributed by atoms with Crippen molar-refractivity contribution < 1.29 is 90.3 Å². The molecular weight excluding hydrogens is 714 g/mol. The molecule has 10 atom stereocenters. The lowest BCUT2D eigenvalue weighted by Gasteiger charge is -2.48. The molecule has 19 nitrogen and oxygen atoms in total. The number of phosphoric ester groups is 2. The van der Waals surface area contributed by atoms with Crippen LogP contribution in [0.25, 0.3) is 0 Å². The van der Waals surface area contributed by atoms with Crippen molar-refractivity contribution >= 4 is 21.6 Å². The van der Waals surface area contributed by atoms with Crippen LogP contribution in [0.1, 0.15) is 35.6 Å². The summed E-state index contributed by atoms with van der Waals surface area (Å²) in [7, 11) is -7.75. The average Bonchev–Trinajstić information content (AvgIpc) is 3.67. The van der Waals surface area contributed by atoms with E-state index < -0.39 is 82.5 Å². The largest absolute Gasteiger partial charge is 0.525 e. The lowest BCUT2D eigenvalue weighted by molar-refractivity contribution is -0.362. The number of fused-ring (bicyclic) bond motifs is 4. The number of aliphatic hydroxyl groups is 1. The molecule has 274 valence electrons. The second-order valence-corrected chi connectivity index (χ2v) is 14.5. The molecule has 0 amide bonds. The highest BCUT2D eigenvalue weighted by Gasteiger charge is 2.57. The van der Waals surface area contributed by atoms with Gasteiger partial charge in [0.05, 0.1) is 39.5 Å². The van der Waals surface area contributed by atoms with Crippen LogP contribution in [0.3, 0.4) is 0 Å². The minimum Gasteiger partial charge on any atom is -0.493 e. The Hall–Kier alpha value is -3.03. The van der Waals surface area contributed by atoms with Crippen molar-refractivity contribution in [1.82, 2.24) is 0 Å². The van der Waals surface area contributed by atoms with Gasteiger partial charge in [-0.05, 0) is 47.9 Å². The van der Waals surface area contributed by atoms with Gasteiger partial charge in [-0.25, -0.2) is 9.13 Å². The summed E-state index contributed by atoms with van der Waals surface area (Å²) in [4.78, 5) is 52.2. The van der Waals surface area contributed by atoms with Crippen molar-refractivity contribution in [2.24, 2.45) is 11.8 Å². The fourth-order valence-electron chi connectivity index (χ4n) is 7.19. The molecule has 4 aliphatic heterocycles.